The zero-order chi connectivity index (χ0) is 18.7. The van der Waals surface area contributed by atoms with Crippen LogP contribution in [-0.4, -0.2) is 35.6 Å². The fourth-order valence-corrected chi connectivity index (χ4v) is 3.42. The lowest BCUT2D eigenvalue weighted by Crippen LogP contribution is -2.21. The summed E-state index contributed by atoms with van der Waals surface area (Å²) in [6.07, 6.45) is 2.46. The Morgan fingerprint density at radius 2 is 1.96 bits per heavy atom. The highest BCUT2D eigenvalue weighted by Gasteiger charge is 2.12. The van der Waals surface area contributed by atoms with Crippen LogP contribution in [0, 0.1) is 5.41 Å². The molecule has 1 aromatic carbocycles. The van der Waals surface area contributed by atoms with Gasteiger partial charge in [-0.2, -0.15) is 0 Å². The maximum absolute atomic E-state index is 12.1. The molecule has 0 saturated heterocycles. The average Bonchev–Trinajstić information content (AvgIpc) is 3.28. The van der Waals surface area contributed by atoms with Crippen molar-refractivity contribution in [2.45, 2.75) is 12.8 Å². The molecular weight excluding hydrogens is 370 g/mol. The van der Waals surface area contributed by atoms with Gasteiger partial charge in [0.2, 0.25) is 5.89 Å². The number of thiophene rings is 1. The van der Waals surface area contributed by atoms with Crippen molar-refractivity contribution in [2.75, 3.05) is 14.1 Å². The first kappa shape index (κ1) is 18.4. The number of rotatable bonds is 6. The van der Waals surface area contributed by atoms with E-state index in [2.05, 4.69) is 4.98 Å². The van der Waals surface area contributed by atoms with E-state index in [1.807, 2.05) is 38.4 Å². The zero-order valence-electron chi connectivity index (χ0n) is 14.5. The van der Waals surface area contributed by atoms with E-state index in [1.54, 1.807) is 23.3 Å². The summed E-state index contributed by atoms with van der Waals surface area (Å²) in [6, 6.07) is 11.0. The highest BCUT2D eigenvalue weighted by molar-refractivity contribution is 7.18. The van der Waals surface area contributed by atoms with E-state index in [0.717, 1.165) is 16.8 Å². The number of nitrogens with zero attached hydrogens (tertiary/aromatic N) is 2. The van der Waals surface area contributed by atoms with Crippen molar-refractivity contribution in [1.82, 2.24) is 9.88 Å². The molecule has 0 aliphatic carbocycles. The van der Waals surface area contributed by atoms with Crippen molar-refractivity contribution < 1.29 is 9.21 Å². The Morgan fingerprint density at radius 1 is 1.23 bits per heavy atom. The van der Waals surface area contributed by atoms with Gasteiger partial charge in [-0.05, 0) is 24.3 Å². The Bertz CT molecular complexity index is 928. The molecule has 0 radical (unpaired) electrons. The maximum atomic E-state index is 12.1. The number of ketones is 1. The second kappa shape index (κ2) is 7.85. The minimum absolute atomic E-state index is 0.0537. The SMILES string of the molecule is CN(C)C(=N)c1ccc(-c2nc(CCC(=O)c3ccc(Cl)s3)co2)cc1. The van der Waals surface area contributed by atoms with Gasteiger partial charge in [-0.1, -0.05) is 23.7 Å². The summed E-state index contributed by atoms with van der Waals surface area (Å²) in [6.45, 7) is 0. The number of oxazole rings is 1. The normalized spacial score (nSPS) is 10.7. The highest BCUT2D eigenvalue weighted by Crippen LogP contribution is 2.24. The van der Waals surface area contributed by atoms with E-state index in [9.17, 15) is 4.79 Å². The largest absolute Gasteiger partial charge is 0.444 e. The fourth-order valence-electron chi connectivity index (χ4n) is 2.41. The van der Waals surface area contributed by atoms with Gasteiger partial charge in [-0.25, -0.2) is 4.98 Å². The Kier molecular flexibility index (Phi) is 5.54. The molecule has 5 nitrogen and oxygen atoms in total. The molecule has 0 amide bonds. The van der Waals surface area contributed by atoms with Gasteiger partial charge in [0.1, 0.15) is 12.1 Å². The first-order chi connectivity index (χ1) is 12.4. The Morgan fingerprint density at radius 3 is 2.58 bits per heavy atom. The number of carbonyl (C=O) groups is 1. The molecule has 0 unspecified atom stereocenters. The van der Waals surface area contributed by atoms with E-state index < -0.39 is 0 Å². The minimum atomic E-state index is 0.0537. The van der Waals surface area contributed by atoms with Crippen LogP contribution in [0.25, 0.3) is 11.5 Å². The lowest BCUT2D eigenvalue weighted by atomic mass is 10.1. The summed E-state index contributed by atoms with van der Waals surface area (Å²) in [4.78, 5) is 19.0. The van der Waals surface area contributed by atoms with E-state index in [4.69, 9.17) is 21.4 Å². The molecule has 2 heterocycles. The summed E-state index contributed by atoms with van der Waals surface area (Å²) in [7, 11) is 3.67. The lowest BCUT2D eigenvalue weighted by Gasteiger charge is -2.13. The first-order valence-corrected chi connectivity index (χ1v) is 9.23. The minimum Gasteiger partial charge on any atom is -0.444 e. The fraction of sp³-hybridized carbons (Fsp3) is 0.211. The van der Waals surface area contributed by atoms with E-state index >= 15 is 0 Å². The van der Waals surface area contributed by atoms with Crippen LogP contribution in [-0.2, 0) is 6.42 Å². The predicted octanol–water partition coefficient (Wildman–Crippen LogP) is 4.76. The molecule has 7 heteroatoms. The van der Waals surface area contributed by atoms with Crippen molar-refractivity contribution >= 4 is 34.6 Å². The van der Waals surface area contributed by atoms with Crippen molar-refractivity contribution in [2.24, 2.45) is 0 Å². The smallest absolute Gasteiger partial charge is 0.226 e. The number of carbonyl (C=O) groups excluding carboxylic acids is 1. The van der Waals surface area contributed by atoms with Crippen LogP contribution in [0.3, 0.4) is 0 Å². The third-order valence-corrected chi connectivity index (χ3v) is 5.13. The molecule has 134 valence electrons. The summed E-state index contributed by atoms with van der Waals surface area (Å²) in [5.41, 5.74) is 2.40. The number of nitrogens with one attached hydrogen (secondary N) is 1. The number of Topliss-reactive ketones (excluding diaryl/α,β-unsaturated/α-hetero) is 1. The summed E-state index contributed by atoms with van der Waals surface area (Å²) >= 11 is 7.15. The monoisotopic (exact) mass is 387 g/mol. The predicted molar refractivity (Wildman–Crippen MR) is 104 cm³/mol. The van der Waals surface area contributed by atoms with Gasteiger partial charge in [0, 0.05) is 38.1 Å². The molecule has 26 heavy (non-hydrogen) atoms. The molecule has 0 atom stereocenters. The molecule has 3 rings (SSSR count). The highest BCUT2D eigenvalue weighted by atomic mass is 35.5. The average molecular weight is 388 g/mol. The van der Waals surface area contributed by atoms with Crippen LogP contribution in [0.4, 0.5) is 0 Å². The summed E-state index contributed by atoms with van der Waals surface area (Å²) < 4.78 is 6.15. The molecule has 2 aromatic heterocycles. The van der Waals surface area contributed by atoms with Gasteiger partial charge < -0.3 is 9.32 Å². The number of amidine groups is 1. The van der Waals surface area contributed by atoms with Gasteiger partial charge in [0.15, 0.2) is 5.78 Å². The number of hydrogen-bond donors (Lipinski definition) is 1. The van der Waals surface area contributed by atoms with Crippen LogP contribution in [0.15, 0.2) is 47.1 Å². The van der Waals surface area contributed by atoms with Crippen LogP contribution in [0.2, 0.25) is 4.34 Å². The quantitative estimate of drug-likeness (QED) is 0.376. The molecule has 0 aliphatic heterocycles. The van der Waals surface area contributed by atoms with Gasteiger partial charge >= 0.3 is 0 Å². The third-order valence-electron chi connectivity index (χ3n) is 3.86. The van der Waals surface area contributed by atoms with Gasteiger partial charge in [0.05, 0.1) is 14.9 Å². The number of aromatic nitrogens is 1. The van der Waals surface area contributed by atoms with Crippen LogP contribution < -0.4 is 0 Å². The van der Waals surface area contributed by atoms with Gasteiger partial charge in [-0.15, -0.1) is 11.3 Å². The van der Waals surface area contributed by atoms with Gasteiger partial charge in [-0.3, -0.25) is 10.2 Å². The Hall–Kier alpha value is -2.44. The lowest BCUT2D eigenvalue weighted by molar-refractivity contribution is 0.0986. The van der Waals surface area contributed by atoms with Crippen molar-refractivity contribution in [3.8, 4) is 11.5 Å². The van der Waals surface area contributed by atoms with Crippen molar-refractivity contribution in [3.05, 3.63) is 63.1 Å². The number of aryl methyl sites for hydroxylation is 1. The van der Waals surface area contributed by atoms with Gasteiger partial charge in [0.25, 0.3) is 0 Å². The number of benzene rings is 1. The standard InChI is InChI=1S/C19H18ClN3O2S/c1-23(2)18(21)12-3-5-13(6-4-12)19-22-14(11-25-19)7-8-15(24)16-9-10-17(20)26-16/h3-6,9-11,21H,7-8H2,1-2H3. The topological polar surface area (TPSA) is 70.2 Å². The maximum Gasteiger partial charge on any atom is 0.226 e. The van der Waals surface area contributed by atoms with Crippen LogP contribution >= 0.6 is 22.9 Å². The van der Waals surface area contributed by atoms with Crippen molar-refractivity contribution in [1.29, 1.82) is 5.41 Å². The molecule has 0 bridgehead atoms. The van der Waals surface area contributed by atoms with E-state index in [1.165, 1.54) is 11.3 Å². The first-order valence-electron chi connectivity index (χ1n) is 8.03. The molecule has 0 spiro atoms. The van der Waals surface area contributed by atoms with Crippen LogP contribution in [0.1, 0.15) is 27.3 Å². The Balaban J connectivity index is 1.64. The molecule has 3 aromatic rings. The molecule has 1 N–H and O–H groups in total. The summed E-state index contributed by atoms with van der Waals surface area (Å²) in [5.74, 6) is 1.00. The zero-order valence-corrected chi connectivity index (χ0v) is 16.0. The second-order valence-electron chi connectivity index (χ2n) is 5.99. The van der Waals surface area contributed by atoms with E-state index in [0.29, 0.717) is 33.8 Å². The molecular formula is C19H18ClN3O2S. The van der Waals surface area contributed by atoms with Crippen molar-refractivity contribution in [3.63, 3.8) is 0 Å². The molecule has 0 aliphatic rings. The number of hydrogen-bond acceptors (Lipinski definition) is 5. The molecule has 0 fully saturated rings. The molecule has 0 saturated carbocycles. The number of halogens is 1. The van der Waals surface area contributed by atoms with E-state index in [-0.39, 0.29) is 5.78 Å². The van der Waals surface area contributed by atoms with Crippen LogP contribution in [0.5, 0.6) is 0 Å². The second-order valence-corrected chi connectivity index (χ2v) is 7.71. The Labute approximate surface area is 160 Å². The third kappa shape index (κ3) is 4.20. The summed E-state index contributed by atoms with van der Waals surface area (Å²) in [5, 5.41) is 7.98.